The first kappa shape index (κ1) is 14.2. The molecular weight excluding hydrogens is 297 g/mol. The Morgan fingerprint density at radius 3 is 2.53 bits per heavy atom. The lowest BCUT2D eigenvalue weighted by molar-refractivity contribution is 0.00851. The Labute approximate surface area is 114 Å². The van der Waals surface area contributed by atoms with Crippen LogP contribution in [0.5, 0.6) is 0 Å². The van der Waals surface area contributed by atoms with Gasteiger partial charge in [0.05, 0.1) is 10.6 Å². The molecule has 8 heteroatoms. The summed E-state index contributed by atoms with van der Waals surface area (Å²) in [6.07, 6.45) is 2.16. The van der Waals surface area contributed by atoms with E-state index in [0.29, 0.717) is 0 Å². The van der Waals surface area contributed by atoms with Crippen molar-refractivity contribution >= 4 is 27.6 Å². The van der Waals surface area contributed by atoms with E-state index in [-0.39, 0.29) is 11.1 Å². The molecule has 0 atom stereocenters. The lowest BCUT2D eigenvalue weighted by Crippen LogP contribution is -2.25. The second-order valence-corrected chi connectivity index (χ2v) is 6.20. The Kier molecular flexibility index (Phi) is 3.80. The summed E-state index contributed by atoms with van der Waals surface area (Å²) in [5.41, 5.74) is -0.486. The summed E-state index contributed by atoms with van der Waals surface area (Å²) in [4.78, 5) is 11.2. The first-order valence-corrected chi connectivity index (χ1v) is 7.44. The van der Waals surface area contributed by atoms with Gasteiger partial charge >= 0.3 is 5.97 Å². The van der Waals surface area contributed by atoms with Gasteiger partial charge in [0.2, 0.25) is 10.0 Å². The number of ether oxygens (including phenoxy) is 1. The number of hydrogen-bond acceptors (Lipinski definition) is 4. The van der Waals surface area contributed by atoms with E-state index in [2.05, 4.69) is 0 Å². The van der Waals surface area contributed by atoms with Gasteiger partial charge in [-0.1, -0.05) is 11.6 Å². The molecule has 0 unspecified atom stereocenters. The minimum Gasteiger partial charge on any atom is -0.459 e. The van der Waals surface area contributed by atoms with Crippen molar-refractivity contribution in [2.75, 3.05) is 0 Å². The monoisotopic (exact) mass is 307 g/mol. The standard InChI is InChI=1S/C11H11ClFNO4S/c12-8-5-9(13)7(4-10(8)19(14,16)17)11(15)18-6-2-1-3-6/h4-6H,1-3H2,(H2,14,16,17). The molecule has 0 bridgehead atoms. The van der Waals surface area contributed by atoms with Crippen molar-refractivity contribution in [3.05, 3.63) is 28.5 Å². The van der Waals surface area contributed by atoms with Crippen LogP contribution in [0.25, 0.3) is 0 Å². The molecule has 2 rings (SSSR count). The van der Waals surface area contributed by atoms with Gasteiger partial charge in [-0.2, -0.15) is 0 Å². The second-order valence-electron chi connectivity index (χ2n) is 4.27. The molecule has 2 N–H and O–H groups in total. The van der Waals surface area contributed by atoms with Crippen molar-refractivity contribution in [3.63, 3.8) is 0 Å². The zero-order valence-corrected chi connectivity index (χ0v) is 11.3. The Morgan fingerprint density at radius 1 is 1.42 bits per heavy atom. The van der Waals surface area contributed by atoms with E-state index >= 15 is 0 Å². The number of nitrogens with two attached hydrogens (primary N) is 1. The van der Waals surface area contributed by atoms with Crippen LogP contribution in [0.3, 0.4) is 0 Å². The Morgan fingerprint density at radius 2 is 2.05 bits per heavy atom. The molecule has 0 spiro atoms. The van der Waals surface area contributed by atoms with Crippen LogP contribution in [0.4, 0.5) is 4.39 Å². The number of esters is 1. The molecule has 1 aliphatic carbocycles. The summed E-state index contributed by atoms with van der Waals surface area (Å²) in [5, 5.41) is 4.55. The minimum absolute atomic E-state index is 0.236. The summed E-state index contributed by atoms with van der Waals surface area (Å²) >= 11 is 5.58. The van der Waals surface area contributed by atoms with E-state index < -0.39 is 32.3 Å². The third-order valence-electron chi connectivity index (χ3n) is 2.87. The Hall–Kier alpha value is -1.18. The number of carbonyl (C=O) groups excluding carboxylic acids is 1. The first-order chi connectivity index (χ1) is 8.79. The van der Waals surface area contributed by atoms with Gasteiger partial charge in [-0.05, 0) is 31.4 Å². The zero-order chi connectivity index (χ0) is 14.2. The van der Waals surface area contributed by atoms with E-state index in [1.165, 1.54) is 0 Å². The number of benzene rings is 1. The first-order valence-electron chi connectivity index (χ1n) is 5.52. The Bertz CT molecular complexity index is 628. The summed E-state index contributed by atoms with van der Waals surface area (Å²) < 4.78 is 41.1. The average molecular weight is 308 g/mol. The molecule has 0 radical (unpaired) electrons. The quantitative estimate of drug-likeness (QED) is 0.863. The molecule has 19 heavy (non-hydrogen) atoms. The SMILES string of the molecule is NS(=O)(=O)c1cc(C(=O)OC2CCC2)c(F)cc1Cl. The molecule has 1 saturated carbocycles. The van der Waals surface area contributed by atoms with Crippen molar-refractivity contribution in [3.8, 4) is 0 Å². The summed E-state index contributed by atoms with van der Waals surface area (Å²) in [5.74, 6) is -1.86. The van der Waals surface area contributed by atoms with Gasteiger partial charge in [-0.25, -0.2) is 22.7 Å². The number of carbonyl (C=O) groups is 1. The maximum atomic E-state index is 13.6. The second kappa shape index (κ2) is 5.07. The molecule has 0 amide bonds. The van der Waals surface area contributed by atoms with Gasteiger partial charge < -0.3 is 4.74 Å². The maximum Gasteiger partial charge on any atom is 0.341 e. The van der Waals surface area contributed by atoms with Crippen LogP contribution in [0, 0.1) is 5.82 Å². The molecule has 1 aliphatic rings. The zero-order valence-electron chi connectivity index (χ0n) is 9.73. The Balaban J connectivity index is 2.36. The molecule has 0 heterocycles. The van der Waals surface area contributed by atoms with E-state index in [1.807, 2.05) is 0 Å². The van der Waals surface area contributed by atoms with Crippen LogP contribution in [0.15, 0.2) is 17.0 Å². The molecule has 5 nitrogen and oxygen atoms in total. The topological polar surface area (TPSA) is 86.5 Å². The highest BCUT2D eigenvalue weighted by atomic mass is 35.5. The third-order valence-corrected chi connectivity index (χ3v) is 4.25. The van der Waals surface area contributed by atoms with Crippen LogP contribution in [-0.4, -0.2) is 20.5 Å². The van der Waals surface area contributed by atoms with Crippen LogP contribution in [-0.2, 0) is 14.8 Å². The summed E-state index contributed by atoms with van der Waals surface area (Å²) in [7, 11) is -4.13. The predicted molar refractivity (Wildman–Crippen MR) is 65.8 cm³/mol. The number of primary sulfonamides is 1. The van der Waals surface area contributed by atoms with E-state index in [4.69, 9.17) is 21.5 Å². The normalized spacial score (nSPS) is 15.9. The number of sulfonamides is 1. The van der Waals surface area contributed by atoms with Gasteiger partial charge in [0.15, 0.2) is 0 Å². The van der Waals surface area contributed by atoms with Crippen molar-refractivity contribution in [1.82, 2.24) is 0 Å². The largest absolute Gasteiger partial charge is 0.459 e. The molecule has 0 aliphatic heterocycles. The van der Waals surface area contributed by atoms with E-state index in [9.17, 15) is 17.6 Å². The molecule has 0 aromatic heterocycles. The van der Waals surface area contributed by atoms with Gasteiger partial charge in [-0.15, -0.1) is 0 Å². The number of rotatable bonds is 3. The van der Waals surface area contributed by atoms with E-state index in [1.54, 1.807) is 0 Å². The average Bonchev–Trinajstić information content (AvgIpc) is 2.21. The van der Waals surface area contributed by atoms with E-state index in [0.717, 1.165) is 31.4 Å². The molecule has 0 saturated heterocycles. The fourth-order valence-corrected chi connectivity index (χ4v) is 2.69. The van der Waals surface area contributed by atoms with Crippen LogP contribution >= 0.6 is 11.6 Å². The van der Waals surface area contributed by atoms with Crippen molar-refractivity contribution in [1.29, 1.82) is 0 Å². The van der Waals surface area contributed by atoms with Crippen LogP contribution in [0.2, 0.25) is 5.02 Å². The van der Waals surface area contributed by atoms with Gasteiger partial charge in [0.1, 0.15) is 16.8 Å². The number of hydrogen-bond donors (Lipinski definition) is 1. The third kappa shape index (κ3) is 3.05. The fraction of sp³-hybridized carbons (Fsp3) is 0.364. The maximum absolute atomic E-state index is 13.6. The van der Waals surface area contributed by atoms with Crippen molar-refractivity contribution in [2.45, 2.75) is 30.3 Å². The van der Waals surface area contributed by atoms with Crippen LogP contribution < -0.4 is 5.14 Å². The van der Waals surface area contributed by atoms with Gasteiger partial charge in [-0.3, -0.25) is 0 Å². The lowest BCUT2D eigenvalue weighted by Gasteiger charge is -2.25. The van der Waals surface area contributed by atoms with Crippen molar-refractivity contribution < 1.29 is 22.3 Å². The highest BCUT2D eigenvalue weighted by molar-refractivity contribution is 7.89. The van der Waals surface area contributed by atoms with Crippen LogP contribution in [0.1, 0.15) is 29.6 Å². The summed E-state index contributed by atoms with van der Waals surface area (Å²) in [6, 6.07) is 1.53. The smallest absolute Gasteiger partial charge is 0.341 e. The number of halogens is 2. The fourth-order valence-electron chi connectivity index (χ4n) is 1.61. The molecular formula is C11H11ClFNO4S. The highest BCUT2D eigenvalue weighted by Gasteiger charge is 2.26. The highest BCUT2D eigenvalue weighted by Crippen LogP contribution is 2.27. The molecule has 104 valence electrons. The van der Waals surface area contributed by atoms with Gasteiger partial charge in [0.25, 0.3) is 0 Å². The van der Waals surface area contributed by atoms with Gasteiger partial charge in [0, 0.05) is 0 Å². The lowest BCUT2D eigenvalue weighted by atomic mass is 9.96. The molecule has 1 fully saturated rings. The molecule has 1 aromatic rings. The predicted octanol–water partition coefficient (Wildman–Crippen LogP) is 1.84. The summed E-state index contributed by atoms with van der Waals surface area (Å²) in [6.45, 7) is 0. The molecule has 1 aromatic carbocycles. The van der Waals surface area contributed by atoms with Crippen molar-refractivity contribution in [2.24, 2.45) is 5.14 Å². The minimum atomic E-state index is -4.13.